The lowest BCUT2D eigenvalue weighted by Crippen LogP contribution is -1.97. The number of hydrogen-bond acceptors (Lipinski definition) is 2. The fraction of sp³-hybridized carbons (Fsp3) is 0.435. The van der Waals surface area contributed by atoms with Crippen molar-refractivity contribution in [2.24, 2.45) is 0 Å². The van der Waals surface area contributed by atoms with E-state index in [-0.39, 0.29) is 5.78 Å². The van der Waals surface area contributed by atoms with Crippen LogP contribution in [0.15, 0.2) is 42.5 Å². The summed E-state index contributed by atoms with van der Waals surface area (Å²) in [6.45, 7) is 11.4. The molecule has 0 fully saturated rings. The van der Waals surface area contributed by atoms with E-state index in [9.17, 15) is 9.18 Å². The van der Waals surface area contributed by atoms with Crippen LogP contribution in [0, 0.1) is 6.92 Å². The number of halogens is 2. The topological polar surface area (TPSA) is 29.1 Å². The summed E-state index contributed by atoms with van der Waals surface area (Å²) >= 11 is 5.93. The molecule has 2 nitrogen and oxygen atoms in total. The first kappa shape index (κ1) is 25.1. The van der Waals surface area contributed by atoms with E-state index in [0.717, 1.165) is 35.3 Å². The Balaban J connectivity index is 0.000000637. The van der Waals surface area contributed by atoms with Crippen LogP contribution in [-0.2, 0) is 0 Å². The molecule has 0 aliphatic carbocycles. The van der Waals surface area contributed by atoms with Gasteiger partial charge in [0.2, 0.25) is 0 Å². The smallest absolute Gasteiger partial charge is 0.159 e. The third-order valence-electron chi connectivity index (χ3n) is 3.78. The predicted molar refractivity (Wildman–Crippen MR) is 117 cm³/mol. The van der Waals surface area contributed by atoms with E-state index in [1.165, 1.54) is 0 Å². The highest BCUT2D eigenvalue weighted by Crippen LogP contribution is 2.23. The van der Waals surface area contributed by atoms with Crippen LogP contribution >= 0.6 is 11.6 Å². The summed E-state index contributed by atoms with van der Waals surface area (Å²) in [4.78, 5) is 11.3. The molecule has 0 bridgehead atoms. The molecule has 2 aromatic carbocycles. The molecule has 0 amide bonds. The van der Waals surface area contributed by atoms with Gasteiger partial charge in [0.05, 0.1) is 6.17 Å². The number of rotatable bonds is 6. The minimum Gasteiger partial charge on any atom is -0.355 e. The highest BCUT2D eigenvalue weighted by Gasteiger charge is 2.04. The number of aryl methyl sites for hydroxylation is 1. The molecular weight excluding hydrogens is 361 g/mol. The van der Waals surface area contributed by atoms with Crippen molar-refractivity contribution in [3.05, 3.63) is 58.6 Å². The van der Waals surface area contributed by atoms with Crippen molar-refractivity contribution < 1.29 is 9.18 Å². The molecule has 1 N–H and O–H groups in total. The van der Waals surface area contributed by atoms with E-state index >= 15 is 0 Å². The highest BCUT2D eigenvalue weighted by atomic mass is 35.5. The Kier molecular flexibility index (Phi) is 13.2. The van der Waals surface area contributed by atoms with Crippen molar-refractivity contribution in [1.82, 2.24) is 0 Å². The van der Waals surface area contributed by atoms with Crippen LogP contribution < -0.4 is 5.32 Å². The molecule has 0 aromatic heterocycles. The van der Waals surface area contributed by atoms with Gasteiger partial charge in [-0.2, -0.15) is 0 Å². The van der Waals surface area contributed by atoms with Crippen molar-refractivity contribution in [2.45, 2.75) is 67.0 Å². The Morgan fingerprint density at radius 2 is 1.81 bits per heavy atom. The summed E-state index contributed by atoms with van der Waals surface area (Å²) in [7, 11) is 0. The van der Waals surface area contributed by atoms with Crippen LogP contribution in [0.1, 0.15) is 69.8 Å². The molecule has 2 rings (SSSR count). The van der Waals surface area contributed by atoms with Crippen LogP contribution in [0.3, 0.4) is 0 Å². The first-order valence-electron chi connectivity index (χ1n) is 9.65. The maximum absolute atomic E-state index is 12.1. The van der Waals surface area contributed by atoms with Gasteiger partial charge in [-0.05, 0) is 68.7 Å². The number of carbonyl (C=O) groups is 1. The second-order valence-electron chi connectivity index (χ2n) is 6.02. The lowest BCUT2D eigenvalue weighted by molar-refractivity contribution is 0.101. The van der Waals surface area contributed by atoms with Crippen LogP contribution in [-0.4, -0.2) is 12.0 Å². The van der Waals surface area contributed by atoms with Gasteiger partial charge in [-0.15, -0.1) is 0 Å². The summed E-state index contributed by atoms with van der Waals surface area (Å²) in [5.74, 6) is 0.0763. The van der Waals surface area contributed by atoms with Gasteiger partial charge >= 0.3 is 0 Å². The minimum absolute atomic E-state index is 0.0763. The van der Waals surface area contributed by atoms with E-state index in [1.807, 2.05) is 77.1 Å². The van der Waals surface area contributed by atoms with E-state index in [0.29, 0.717) is 11.4 Å². The predicted octanol–water partition coefficient (Wildman–Crippen LogP) is 8.16. The molecule has 1 unspecified atom stereocenters. The van der Waals surface area contributed by atoms with Gasteiger partial charge in [0.25, 0.3) is 0 Å². The lowest BCUT2D eigenvalue weighted by atomic mass is 10.1. The van der Waals surface area contributed by atoms with Gasteiger partial charge in [0.1, 0.15) is 0 Å². The minimum atomic E-state index is -0.551. The summed E-state index contributed by atoms with van der Waals surface area (Å²) in [6, 6.07) is 13.1. The van der Waals surface area contributed by atoms with Gasteiger partial charge in [-0.1, -0.05) is 51.8 Å². The number of carbonyl (C=O) groups excluding carboxylic acids is 1. The number of alkyl halides is 1. The quantitative estimate of drug-likeness (QED) is 0.501. The van der Waals surface area contributed by atoms with E-state index in [2.05, 4.69) is 5.32 Å². The molecule has 4 heteroatoms. The molecule has 0 saturated carbocycles. The third-order valence-corrected chi connectivity index (χ3v) is 4.02. The van der Waals surface area contributed by atoms with Crippen LogP contribution in [0.2, 0.25) is 5.02 Å². The zero-order chi connectivity index (χ0) is 20.8. The average Bonchev–Trinajstić information content (AvgIpc) is 2.65. The maximum Gasteiger partial charge on any atom is 0.159 e. The van der Waals surface area contributed by atoms with Crippen molar-refractivity contribution in [2.75, 3.05) is 5.32 Å². The second-order valence-corrected chi connectivity index (χ2v) is 6.45. The lowest BCUT2D eigenvalue weighted by Gasteiger charge is -2.10. The van der Waals surface area contributed by atoms with Crippen molar-refractivity contribution in [3.63, 3.8) is 0 Å². The van der Waals surface area contributed by atoms with Crippen LogP contribution in [0.5, 0.6) is 0 Å². The average molecular weight is 394 g/mol. The Morgan fingerprint density at radius 3 is 2.26 bits per heavy atom. The SMILES string of the molecule is CC.CC(=O)c1ccc(Nc2cccc(Cl)c2)c(C)c1.CCCC(F)CC. The van der Waals surface area contributed by atoms with E-state index in [4.69, 9.17) is 11.6 Å². The second kappa shape index (κ2) is 14.2. The normalized spacial score (nSPS) is 10.7. The number of anilines is 2. The van der Waals surface area contributed by atoms with Crippen LogP contribution in [0.4, 0.5) is 15.8 Å². The van der Waals surface area contributed by atoms with Gasteiger partial charge < -0.3 is 5.32 Å². The summed E-state index contributed by atoms with van der Waals surface area (Å²) in [5.41, 5.74) is 3.66. The summed E-state index contributed by atoms with van der Waals surface area (Å²) in [6.07, 6.45) is 1.82. The molecule has 0 heterocycles. The Hall–Kier alpha value is -1.87. The molecule has 1 atom stereocenters. The third kappa shape index (κ3) is 10.1. The van der Waals surface area contributed by atoms with Crippen molar-refractivity contribution >= 4 is 28.8 Å². The number of ketones is 1. The molecule has 2 aromatic rings. The number of hydrogen-bond donors (Lipinski definition) is 1. The van der Waals surface area contributed by atoms with Crippen molar-refractivity contribution in [3.8, 4) is 0 Å². The first-order chi connectivity index (χ1) is 12.9. The monoisotopic (exact) mass is 393 g/mol. The van der Waals surface area contributed by atoms with Gasteiger partial charge in [-0.25, -0.2) is 4.39 Å². The van der Waals surface area contributed by atoms with Gasteiger partial charge in [0, 0.05) is 22.0 Å². The molecular formula is C23H33ClFNO. The Labute approximate surface area is 169 Å². The van der Waals surface area contributed by atoms with E-state index in [1.54, 1.807) is 6.92 Å². The number of nitrogens with one attached hydrogen (secondary N) is 1. The van der Waals surface area contributed by atoms with Crippen LogP contribution in [0.25, 0.3) is 0 Å². The Bertz CT molecular complexity index is 688. The van der Waals surface area contributed by atoms with Crippen molar-refractivity contribution in [1.29, 1.82) is 0 Å². The molecule has 0 radical (unpaired) electrons. The van der Waals surface area contributed by atoms with Gasteiger partial charge in [-0.3, -0.25) is 4.79 Å². The summed E-state index contributed by atoms with van der Waals surface area (Å²) in [5, 5.41) is 3.98. The zero-order valence-corrected chi connectivity index (χ0v) is 18.2. The highest BCUT2D eigenvalue weighted by molar-refractivity contribution is 6.30. The summed E-state index contributed by atoms with van der Waals surface area (Å²) < 4.78 is 12.1. The molecule has 0 aliphatic heterocycles. The molecule has 0 aliphatic rings. The first-order valence-corrected chi connectivity index (χ1v) is 10.0. The van der Waals surface area contributed by atoms with E-state index < -0.39 is 6.17 Å². The number of benzene rings is 2. The standard InChI is InChI=1S/C15H14ClNO.C6H13F.C2H6/c1-10-8-12(11(2)18)6-7-15(10)17-14-5-3-4-13(16)9-14;1-3-5-6(7)4-2;1-2/h3-9,17H,1-2H3;6H,3-5H2,1-2H3;1-2H3. The molecule has 150 valence electrons. The van der Waals surface area contributed by atoms with Gasteiger partial charge in [0.15, 0.2) is 5.78 Å². The Morgan fingerprint density at radius 1 is 1.15 bits per heavy atom. The zero-order valence-electron chi connectivity index (χ0n) is 17.4. The maximum atomic E-state index is 12.1. The molecule has 27 heavy (non-hydrogen) atoms. The largest absolute Gasteiger partial charge is 0.355 e. The molecule has 0 spiro atoms. The molecule has 0 saturated heterocycles. The fourth-order valence-corrected chi connectivity index (χ4v) is 2.45. The number of Topliss-reactive ketones (excluding diaryl/α,β-unsaturated/α-hetero) is 1. The fourth-order valence-electron chi connectivity index (χ4n) is 2.26.